The zero-order valence-corrected chi connectivity index (χ0v) is 13.7. The highest BCUT2D eigenvalue weighted by molar-refractivity contribution is 5.76. The first kappa shape index (κ1) is 16.7. The number of likely N-dealkylation sites (N-methyl/N-ethyl adjacent to an activating group) is 1. The standard InChI is InChI=1S/C16H31N3O2/c1-15-3-6-19(7-4-15)16(20)5-13-21-14-12-18-10-8-17(2)9-11-18/h15H,3-14H2,1-2H3. The lowest BCUT2D eigenvalue weighted by molar-refractivity contribution is -0.133. The summed E-state index contributed by atoms with van der Waals surface area (Å²) in [6.07, 6.45) is 2.84. The Balaban J connectivity index is 1.48. The minimum Gasteiger partial charge on any atom is -0.380 e. The third-order valence-corrected chi connectivity index (χ3v) is 4.74. The molecule has 2 aliphatic heterocycles. The Labute approximate surface area is 129 Å². The molecule has 122 valence electrons. The SMILES string of the molecule is CC1CCN(C(=O)CCOCCN2CCN(C)CC2)CC1. The second-order valence-electron chi connectivity index (χ2n) is 6.57. The van der Waals surface area contributed by atoms with E-state index in [2.05, 4.69) is 23.8 Å². The van der Waals surface area contributed by atoms with Crippen LogP contribution in [0.2, 0.25) is 0 Å². The number of carbonyl (C=O) groups is 1. The highest BCUT2D eigenvalue weighted by atomic mass is 16.5. The van der Waals surface area contributed by atoms with Gasteiger partial charge >= 0.3 is 0 Å². The molecule has 0 unspecified atom stereocenters. The molecule has 0 aromatic carbocycles. The van der Waals surface area contributed by atoms with Crippen LogP contribution >= 0.6 is 0 Å². The lowest BCUT2D eigenvalue weighted by Gasteiger charge is -2.32. The smallest absolute Gasteiger partial charge is 0.224 e. The Hall–Kier alpha value is -0.650. The van der Waals surface area contributed by atoms with Crippen molar-refractivity contribution in [3.8, 4) is 0 Å². The second kappa shape index (κ2) is 8.71. The second-order valence-corrected chi connectivity index (χ2v) is 6.57. The van der Waals surface area contributed by atoms with Gasteiger partial charge in [0.2, 0.25) is 5.91 Å². The van der Waals surface area contributed by atoms with Gasteiger partial charge in [-0.2, -0.15) is 0 Å². The Morgan fingerprint density at radius 1 is 1.05 bits per heavy atom. The van der Waals surface area contributed by atoms with Crippen molar-refractivity contribution in [1.29, 1.82) is 0 Å². The summed E-state index contributed by atoms with van der Waals surface area (Å²) in [6.45, 7) is 11.0. The molecule has 0 aromatic rings. The summed E-state index contributed by atoms with van der Waals surface area (Å²) in [4.78, 5) is 18.8. The molecule has 5 nitrogen and oxygen atoms in total. The molecular formula is C16H31N3O2. The van der Waals surface area contributed by atoms with Crippen molar-refractivity contribution in [1.82, 2.24) is 14.7 Å². The molecule has 5 heteroatoms. The van der Waals surface area contributed by atoms with Crippen LogP contribution in [0.4, 0.5) is 0 Å². The summed E-state index contributed by atoms with van der Waals surface area (Å²) in [5.41, 5.74) is 0. The Kier molecular flexibility index (Phi) is 6.93. The third kappa shape index (κ3) is 5.93. The molecule has 0 atom stereocenters. The number of hydrogen-bond acceptors (Lipinski definition) is 4. The highest BCUT2D eigenvalue weighted by Crippen LogP contribution is 2.16. The molecule has 0 aliphatic carbocycles. The Morgan fingerprint density at radius 2 is 1.71 bits per heavy atom. The average Bonchev–Trinajstić information content (AvgIpc) is 2.49. The van der Waals surface area contributed by atoms with Gasteiger partial charge in [0, 0.05) is 45.8 Å². The summed E-state index contributed by atoms with van der Waals surface area (Å²) >= 11 is 0. The fourth-order valence-electron chi connectivity index (χ4n) is 2.94. The van der Waals surface area contributed by atoms with Gasteiger partial charge < -0.3 is 14.5 Å². The monoisotopic (exact) mass is 297 g/mol. The van der Waals surface area contributed by atoms with E-state index in [1.165, 1.54) is 0 Å². The maximum Gasteiger partial charge on any atom is 0.224 e. The predicted molar refractivity (Wildman–Crippen MR) is 84.4 cm³/mol. The number of carbonyl (C=O) groups excluding carboxylic acids is 1. The molecule has 0 radical (unpaired) electrons. The molecular weight excluding hydrogens is 266 g/mol. The summed E-state index contributed by atoms with van der Waals surface area (Å²) in [5, 5.41) is 0. The normalized spacial score (nSPS) is 22.7. The van der Waals surface area contributed by atoms with Crippen LogP contribution in [0.25, 0.3) is 0 Å². The fourth-order valence-corrected chi connectivity index (χ4v) is 2.94. The van der Waals surface area contributed by atoms with Gasteiger partial charge in [0.25, 0.3) is 0 Å². The van der Waals surface area contributed by atoms with Gasteiger partial charge in [-0.3, -0.25) is 9.69 Å². The molecule has 2 aliphatic rings. The van der Waals surface area contributed by atoms with Crippen molar-refractivity contribution in [3.05, 3.63) is 0 Å². The minimum atomic E-state index is 0.265. The molecule has 2 fully saturated rings. The lowest BCUT2D eigenvalue weighted by atomic mass is 9.99. The number of ether oxygens (including phenoxy) is 1. The van der Waals surface area contributed by atoms with Gasteiger partial charge in [0.15, 0.2) is 0 Å². The van der Waals surface area contributed by atoms with Gasteiger partial charge in [-0.15, -0.1) is 0 Å². The molecule has 2 heterocycles. The molecule has 2 rings (SSSR count). The number of likely N-dealkylation sites (tertiary alicyclic amines) is 1. The molecule has 0 N–H and O–H groups in total. The van der Waals surface area contributed by atoms with Crippen LogP contribution in [0.15, 0.2) is 0 Å². The summed E-state index contributed by atoms with van der Waals surface area (Å²) in [7, 11) is 2.17. The van der Waals surface area contributed by atoms with Crippen molar-refractivity contribution in [2.45, 2.75) is 26.2 Å². The van der Waals surface area contributed by atoms with Crippen LogP contribution in [0.3, 0.4) is 0 Å². The molecule has 0 spiro atoms. The highest BCUT2D eigenvalue weighted by Gasteiger charge is 2.19. The van der Waals surface area contributed by atoms with Crippen LogP contribution in [0.1, 0.15) is 26.2 Å². The van der Waals surface area contributed by atoms with Gasteiger partial charge in [-0.25, -0.2) is 0 Å². The predicted octanol–water partition coefficient (Wildman–Crippen LogP) is 0.899. The van der Waals surface area contributed by atoms with Crippen molar-refractivity contribution in [3.63, 3.8) is 0 Å². The van der Waals surface area contributed by atoms with E-state index in [4.69, 9.17) is 4.74 Å². The first-order valence-corrected chi connectivity index (χ1v) is 8.41. The van der Waals surface area contributed by atoms with Crippen molar-refractivity contribution < 1.29 is 9.53 Å². The maximum atomic E-state index is 12.0. The van der Waals surface area contributed by atoms with E-state index in [1.54, 1.807) is 0 Å². The number of piperidine rings is 1. The van der Waals surface area contributed by atoms with E-state index in [0.29, 0.717) is 13.0 Å². The average molecular weight is 297 g/mol. The summed E-state index contributed by atoms with van der Waals surface area (Å²) in [6, 6.07) is 0. The van der Waals surface area contributed by atoms with Gasteiger partial charge in [-0.05, 0) is 25.8 Å². The van der Waals surface area contributed by atoms with Gasteiger partial charge in [0.05, 0.1) is 19.6 Å². The fraction of sp³-hybridized carbons (Fsp3) is 0.938. The zero-order chi connectivity index (χ0) is 15.1. The molecule has 0 saturated carbocycles. The van der Waals surface area contributed by atoms with E-state index in [0.717, 1.165) is 71.2 Å². The van der Waals surface area contributed by atoms with Crippen LogP contribution in [0.5, 0.6) is 0 Å². The van der Waals surface area contributed by atoms with E-state index >= 15 is 0 Å². The van der Waals surface area contributed by atoms with Crippen LogP contribution in [-0.2, 0) is 9.53 Å². The molecule has 0 bridgehead atoms. The first-order chi connectivity index (χ1) is 10.1. The lowest BCUT2D eigenvalue weighted by Crippen LogP contribution is -2.45. The van der Waals surface area contributed by atoms with Crippen molar-refractivity contribution in [2.75, 3.05) is 66.1 Å². The minimum absolute atomic E-state index is 0.265. The topological polar surface area (TPSA) is 36.0 Å². The Bertz CT molecular complexity index is 309. The van der Waals surface area contributed by atoms with Crippen molar-refractivity contribution in [2.24, 2.45) is 5.92 Å². The van der Waals surface area contributed by atoms with E-state index < -0.39 is 0 Å². The molecule has 1 amide bonds. The van der Waals surface area contributed by atoms with Gasteiger partial charge in [0.1, 0.15) is 0 Å². The van der Waals surface area contributed by atoms with Crippen molar-refractivity contribution >= 4 is 5.91 Å². The third-order valence-electron chi connectivity index (χ3n) is 4.74. The molecule has 21 heavy (non-hydrogen) atoms. The number of nitrogens with zero attached hydrogens (tertiary/aromatic N) is 3. The quantitative estimate of drug-likeness (QED) is 0.683. The molecule has 2 saturated heterocycles. The zero-order valence-electron chi connectivity index (χ0n) is 13.7. The number of hydrogen-bond donors (Lipinski definition) is 0. The van der Waals surface area contributed by atoms with E-state index in [-0.39, 0.29) is 5.91 Å². The first-order valence-electron chi connectivity index (χ1n) is 8.41. The largest absolute Gasteiger partial charge is 0.380 e. The van der Waals surface area contributed by atoms with E-state index in [9.17, 15) is 4.79 Å². The number of amides is 1. The number of rotatable bonds is 6. The summed E-state index contributed by atoms with van der Waals surface area (Å²) < 4.78 is 5.64. The summed E-state index contributed by atoms with van der Waals surface area (Å²) in [5.74, 6) is 1.04. The van der Waals surface area contributed by atoms with E-state index in [1.807, 2.05) is 4.90 Å². The van der Waals surface area contributed by atoms with Crippen LogP contribution in [0, 0.1) is 5.92 Å². The number of piperazine rings is 1. The van der Waals surface area contributed by atoms with Crippen LogP contribution in [-0.4, -0.2) is 86.7 Å². The maximum absolute atomic E-state index is 12.0. The van der Waals surface area contributed by atoms with Crippen LogP contribution < -0.4 is 0 Å². The molecule has 0 aromatic heterocycles. The Morgan fingerprint density at radius 3 is 2.38 bits per heavy atom. The van der Waals surface area contributed by atoms with Gasteiger partial charge in [-0.1, -0.05) is 6.92 Å².